The Balaban J connectivity index is 0.00000480. The standard InChI is InChI=1S/C22H38N4O3S.HI/c1-17(20-10-6-5-7-11-20)18(2)26-22(23-3)24-16-19-9-8-12-21(15-19)30(27,28)25-13-14-29-4;/h8-9,12,15,17-18,20,25H,5-7,10-11,13-14,16H2,1-4H3,(H2,23,24,26);1H. The van der Waals surface area contributed by atoms with E-state index in [4.69, 9.17) is 4.74 Å². The summed E-state index contributed by atoms with van der Waals surface area (Å²) in [6.45, 7) is 5.61. The maximum absolute atomic E-state index is 12.4. The van der Waals surface area contributed by atoms with Crippen LogP contribution in [0, 0.1) is 11.8 Å². The molecule has 0 bridgehead atoms. The first-order chi connectivity index (χ1) is 14.4. The molecule has 178 valence electrons. The molecule has 1 aromatic carbocycles. The molecule has 0 spiro atoms. The molecule has 7 nitrogen and oxygen atoms in total. The fourth-order valence-corrected chi connectivity index (χ4v) is 5.06. The van der Waals surface area contributed by atoms with Crippen molar-refractivity contribution in [2.24, 2.45) is 16.8 Å². The number of sulfonamides is 1. The van der Waals surface area contributed by atoms with Gasteiger partial charge in [0.15, 0.2) is 5.96 Å². The predicted octanol–water partition coefficient (Wildman–Crippen LogP) is 3.50. The third-order valence-corrected chi connectivity index (χ3v) is 7.50. The second-order valence-electron chi connectivity index (χ2n) is 8.15. The molecule has 3 N–H and O–H groups in total. The summed E-state index contributed by atoms with van der Waals surface area (Å²) in [4.78, 5) is 4.59. The Hall–Kier alpha value is -0.910. The lowest BCUT2D eigenvalue weighted by Gasteiger charge is -2.32. The third-order valence-electron chi connectivity index (χ3n) is 6.04. The molecule has 1 fully saturated rings. The van der Waals surface area contributed by atoms with E-state index in [2.05, 4.69) is 34.2 Å². The maximum atomic E-state index is 12.4. The van der Waals surface area contributed by atoms with Gasteiger partial charge in [0.1, 0.15) is 0 Å². The summed E-state index contributed by atoms with van der Waals surface area (Å²) in [6.07, 6.45) is 6.69. The van der Waals surface area contributed by atoms with Gasteiger partial charge in [0.05, 0.1) is 11.5 Å². The van der Waals surface area contributed by atoms with Crippen LogP contribution in [-0.2, 0) is 21.3 Å². The van der Waals surface area contributed by atoms with Gasteiger partial charge in [-0.25, -0.2) is 13.1 Å². The van der Waals surface area contributed by atoms with E-state index in [9.17, 15) is 8.42 Å². The van der Waals surface area contributed by atoms with Gasteiger partial charge >= 0.3 is 0 Å². The number of guanidine groups is 1. The molecule has 0 amide bonds. The third kappa shape index (κ3) is 9.23. The molecule has 31 heavy (non-hydrogen) atoms. The largest absolute Gasteiger partial charge is 0.383 e. The summed E-state index contributed by atoms with van der Waals surface area (Å²) in [5.74, 6) is 2.08. The number of nitrogens with one attached hydrogen (secondary N) is 3. The lowest BCUT2D eigenvalue weighted by atomic mass is 9.78. The van der Waals surface area contributed by atoms with Crippen molar-refractivity contribution in [1.82, 2.24) is 15.4 Å². The van der Waals surface area contributed by atoms with Gasteiger partial charge in [0.25, 0.3) is 0 Å². The van der Waals surface area contributed by atoms with Crippen molar-refractivity contribution < 1.29 is 13.2 Å². The van der Waals surface area contributed by atoms with Crippen molar-refractivity contribution >= 4 is 40.0 Å². The van der Waals surface area contributed by atoms with Gasteiger partial charge in [-0.2, -0.15) is 0 Å². The van der Waals surface area contributed by atoms with E-state index < -0.39 is 10.0 Å². The van der Waals surface area contributed by atoms with Gasteiger partial charge in [-0.15, -0.1) is 24.0 Å². The van der Waals surface area contributed by atoms with E-state index in [1.54, 1.807) is 25.2 Å². The van der Waals surface area contributed by atoms with Gasteiger partial charge in [0, 0.05) is 33.3 Å². The van der Waals surface area contributed by atoms with Crippen LogP contribution in [-0.4, -0.2) is 47.7 Å². The Morgan fingerprint density at radius 2 is 1.94 bits per heavy atom. The first-order valence-corrected chi connectivity index (χ1v) is 12.4. The Kier molecular flexibility index (Phi) is 13.0. The molecular weight excluding hydrogens is 527 g/mol. The van der Waals surface area contributed by atoms with Crippen molar-refractivity contribution in [2.45, 2.75) is 63.4 Å². The summed E-state index contributed by atoms with van der Waals surface area (Å²) in [5, 5.41) is 6.82. The maximum Gasteiger partial charge on any atom is 0.240 e. The molecule has 1 aromatic rings. The Morgan fingerprint density at radius 1 is 1.23 bits per heavy atom. The summed E-state index contributed by atoms with van der Waals surface area (Å²) in [6, 6.07) is 7.26. The van der Waals surface area contributed by atoms with E-state index in [0.717, 1.165) is 17.4 Å². The average molecular weight is 567 g/mol. The van der Waals surface area contributed by atoms with Crippen molar-refractivity contribution in [3.8, 4) is 0 Å². The van der Waals surface area contributed by atoms with E-state index >= 15 is 0 Å². The van der Waals surface area contributed by atoms with Crippen LogP contribution in [0.3, 0.4) is 0 Å². The SMILES string of the molecule is CN=C(NCc1cccc(S(=O)(=O)NCCOC)c1)NC(C)C(C)C1CCCCC1.I. The van der Waals surface area contributed by atoms with Crippen molar-refractivity contribution in [1.29, 1.82) is 0 Å². The van der Waals surface area contributed by atoms with Crippen molar-refractivity contribution in [3.05, 3.63) is 29.8 Å². The van der Waals surface area contributed by atoms with Crippen LogP contribution in [0.15, 0.2) is 34.2 Å². The zero-order valence-corrected chi connectivity index (χ0v) is 22.3. The van der Waals surface area contributed by atoms with Gasteiger partial charge in [-0.3, -0.25) is 4.99 Å². The molecule has 0 radical (unpaired) electrons. The molecule has 2 unspecified atom stereocenters. The van der Waals surface area contributed by atoms with E-state index in [0.29, 0.717) is 25.1 Å². The Labute approximate surface area is 205 Å². The molecule has 2 rings (SSSR count). The average Bonchev–Trinajstić information content (AvgIpc) is 2.76. The number of aliphatic imine (C=N–C) groups is 1. The lowest BCUT2D eigenvalue weighted by molar-refractivity contribution is 0.204. The number of rotatable bonds is 10. The normalized spacial score (nSPS) is 17.5. The van der Waals surface area contributed by atoms with Crippen LogP contribution in [0.5, 0.6) is 0 Å². The summed E-state index contributed by atoms with van der Waals surface area (Å²) < 4.78 is 32.2. The number of halogens is 1. The number of nitrogens with zero attached hydrogens (tertiary/aromatic N) is 1. The first-order valence-electron chi connectivity index (χ1n) is 10.9. The highest BCUT2D eigenvalue weighted by Crippen LogP contribution is 2.31. The quantitative estimate of drug-likeness (QED) is 0.175. The molecule has 2 atom stereocenters. The smallest absolute Gasteiger partial charge is 0.240 e. The Bertz CT molecular complexity index is 783. The minimum atomic E-state index is -3.55. The van der Waals surface area contributed by atoms with Crippen LogP contribution in [0.25, 0.3) is 0 Å². The van der Waals surface area contributed by atoms with Crippen molar-refractivity contribution in [2.75, 3.05) is 27.3 Å². The fourth-order valence-electron chi connectivity index (χ4n) is 3.98. The van der Waals surface area contributed by atoms with E-state index in [1.165, 1.54) is 39.2 Å². The highest BCUT2D eigenvalue weighted by atomic mass is 127. The molecule has 0 aliphatic heterocycles. The predicted molar refractivity (Wildman–Crippen MR) is 137 cm³/mol. The summed E-state index contributed by atoms with van der Waals surface area (Å²) in [7, 11) is -0.248. The number of methoxy groups -OCH3 is 1. The molecule has 1 aliphatic rings. The van der Waals surface area contributed by atoms with Crippen LogP contribution < -0.4 is 15.4 Å². The fraction of sp³-hybridized carbons (Fsp3) is 0.682. The van der Waals surface area contributed by atoms with Gasteiger partial charge in [-0.05, 0) is 36.5 Å². The zero-order chi connectivity index (χ0) is 22.0. The second-order valence-corrected chi connectivity index (χ2v) is 9.92. The number of benzene rings is 1. The highest BCUT2D eigenvalue weighted by molar-refractivity contribution is 14.0. The molecule has 0 heterocycles. The molecule has 0 aromatic heterocycles. The monoisotopic (exact) mass is 566 g/mol. The van der Waals surface area contributed by atoms with Crippen LogP contribution in [0.4, 0.5) is 0 Å². The molecule has 1 aliphatic carbocycles. The summed E-state index contributed by atoms with van der Waals surface area (Å²) in [5.41, 5.74) is 0.876. The van der Waals surface area contributed by atoms with Gasteiger partial charge in [0.2, 0.25) is 10.0 Å². The second kappa shape index (κ2) is 14.3. The van der Waals surface area contributed by atoms with Crippen LogP contribution >= 0.6 is 24.0 Å². The minimum absolute atomic E-state index is 0. The van der Waals surface area contributed by atoms with E-state index in [1.807, 2.05) is 6.07 Å². The van der Waals surface area contributed by atoms with Crippen LogP contribution in [0.2, 0.25) is 0 Å². The molecule has 9 heteroatoms. The number of hydrogen-bond donors (Lipinski definition) is 3. The van der Waals surface area contributed by atoms with Gasteiger partial charge in [-0.1, -0.05) is 51.2 Å². The summed E-state index contributed by atoms with van der Waals surface area (Å²) >= 11 is 0. The van der Waals surface area contributed by atoms with Gasteiger partial charge < -0.3 is 15.4 Å². The minimum Gasteiger partial charge on any atom is -0.383 e. The molecular formula is C22H39IN4O3S. The van der Waals surface area contributed by atoms with Crippen molar-refractivity contribution in [3.63, 3.8) is 0 Å². The van der Waals surface area contributed by atoms with Crippen LogP contribution in [0.1, 0.15) is 51.5 Å². The molecule has 1 saturated carbocycles. The lowest BCUT2D eigenvalue weighted by Crippen LogP contribution is -2.46. The molecule has 0 saturated heterocycles. The number of ether oxygens (including phenoxy) is 1. The first kappa shape index (κ1) is 28.1. The van der Waals surface area contributed by atoms with E-state index in [-0.39, 0.29) is 35.4 Å². The zero-order valence-electron chi connectivity index (χ0n) is 19.2. The highest BCUT2D eigenvalue weighted by Gasteiger charge is 2.25. The number of hydrogen-bond acceptors (Lipinski definition) is 4. The topological polar surface area (TPSA) is 91.8 Å². The Morgan fingerprint density at radius 3 is 2.58 bits per heavy atom.